The van der Waals surface area contributed by atoms with Crippen molar-refractivity contribution in [1.82, 2.24) is 14.7 Å². The lowest BCUT2D eigenvalue weighted by Gasteiger charge is -2.08. The van der Waals surface area contributed by atoms with Crippen LogP contribution in [-0.2, 0) is 16.1 Å². The number of carbonyl (C=O) groups excluding carboxylic acids is 2. The van der Waals surface area contributed by atoms with Crippen molar-refractivity contribution in [3.05, 3.63) is 69.3 Å². The van der Waals surface area contributed by atoms with Crippen molar-refractivity contribution in [3.8, 4) is 28.6 Å². The molecule has 11 heteroatoms. The smallest absolute Gasteiger partial charge is 0.350 e. The molecule has 0 spiro atoms. The molecule has 0 fully saturated rings. The summed E-state index contributed by atoms with van der Waals surface area (Å²) in [6.45, 7) is -0.275. The van der Waals surface area contributed by atoms with E-state index in [4.69, 9.17) is 14.0 Å². The first-order valence-corrected chi connectivity index (χ1v) is 10.5. The maximum absolute atomic E-state index is 12.5. The van der Waals surface area contributed by atoms with Gasteiger partial charge in [-0.2, -0.15) is 4.98 Å². The average Bonchev–Trinajstić information content (AvgIpc) is 3.50. The molecule has 168 valence electrons. The molecular weight excluding hydrogens is 448 g/mol. The Morgan fingerprint density at radius 2 is 1.85 bits per heavy atom. The van der Waals surface area contributed by atoms with Gasteiger partial charge in [-0.1, -0.05) is 5.16 Å². The van der Waals surface area contributed by atoms with Gasteiger partial charge in [0, 0.05) is 17.8 Å². The van der Waals surface area contributed by atoms with E-state index in [0.717, 1.165) is 16.9 Å². The van der Waals surface area contributed by atoms with E-state index in [-0.39, 0.29) is 22.9 Å². The SMILES string of the molecule is COC(=O)c1sccc1NC(=O)Cn1cc(-c2nc(-c3ccc(OC)cc3)no2)ccc1=O. The van der Waals surface area contributed by atoms with Crippen LogP contribution < -0.4 is 15.6 Å². The fraction of sp³-hybridized carbons (Fsp3) is 0.136. The van der Waals surface area contributed by atoms with Crippen molar-refractivity contribution in [2.75, 3.05) is 19.5 Å². The van der Waals surface area contributed by atoms with Crippen LogP contribution in [0.4, 0.5) is 5.69 Å². The molecule has 10 nitrogen and oxygen atoms in total. The standard InChI is InChI=1S/C22H18N4O6S/c1-30-15-6-3-13(4-7-15)20-24-21(32-25-20)14-5-8-18(28)26(11-14)12-17(27)23-16-9-10-33-19(16)22(29)31-2/h3-11H,12H2,1-2H3,(H,23,27). The molecule has 0 radical (unpaired) electrons. The number of nitrogens with zero attached hydrogens (tertiary/aromatic N) is 3. The number of rotatable bonds is 7. The van der Waals surface area contributed by atoms with Gasteiger partial charge in [0.25, 0.3) is 11.4 Å². The number of benzene rings is 1. The highest BCUT2D eigenvalue weighted by atomic mass is 32.1. The zero-order valence-corrected chi connectivity index (χ0v) is 18.4. The Hall–Kier alpha value is -4.25. The molecule has 4 rings (SSSR count). The Morgan fingerprint density at radius 3 is 2.58 bits per heavy atom. The van der Waals surface area contributed by atoms with Crippen LogP contribution in [0.2, 0.25) is 0 Å². The number of esters is 1. The summed E-state index contributed by atoms with van der Waals surface area (Å²) in [5, 5.41) is 8.26. The number of hydrogen-bond donors (Lipinski definition) is 1. The first-order valence-electron chi connectivity index (χ1n) is 9.63. The first-order chi connectivity index (χ1) is 16.0. The monoisotopic (exact) mass is 466 g/mol. The third-order valence-corrected chi connectivity index (χ3v) is 5.52. The fourth-order valence-electron chi connectivity index (χ4n) is 2.98. The number of amides is 1. The predicted molar refractivity (Wildman–Crippen MR) is 120 cm³/mol. The number of aromatic nitrogens is 3. The normalized spacial score (nSPS) is 10.6. The minimum Gasteiger partial charge on any atom is -0.497 e. The molecule has 0 saturated carbocycles. The van der Waals surface area contributed by atoms with Crippen LogP contribution in [0.3, 0.4) is 0 Å². The maximum Gasteiger partial charge on any atom is 0.350 e. The lowest BCUT2D eigenvalue weighted by atomic mass is 10.2. The van der Waals surface area contributed by atoms with E-state index in [1.165, 1.54) is 30.0 Å². The van der Waals surface area contributed by atoms with Crippen LogP contribution in [0, 0.1) is 0 Å². The Labute approximate surface area is 191 Å². The zero-order chi connectivity index (χ0) is 23.4. The van der Waals surface area contributed by atoms with Crippen molar-refractivity contribution in [2.45, 2.75) is 6.54 Å². The van der Waals surface area contributed by atoms with Gasteiger partial charge in [0.1, 0.15) is 17.2 Å². The van der Waals surface area contributed by atoms with E-state index >= 15 is 0 Å². The van der Waals surface area contributed by atoms with Crippen molar-refractivity contribution in [3.63, 3.8) is 0 Å². The molecular formula is C22H18N4O6S. The third kappa shape index (κ3) is 4.83. The summed E-state index contributed by atoms with van der Waals surface area (Å²) in [5.41, 5.74) is 1.14. The van der Waals surface area contributed by atoms with Crippen molar-refractivity contribution in [2.24, 2.45) is 0 Å². The van der Waals surface area contributed by atoms with Gasteiger partial charge in [-0.15, -0.1) is 11.3 Å². The van der Waals surface area contributed by atoms with Gasteiger partial charge in [0.05, 0.1) is 25.5 Å². The topological polar surface area (TPSA) is 126 Å². The number of ether oxygens (including phenoxy) is 2. The van der Waals surface area contributed by atoms with Crippen LogP contribution in [0.5, 0.6) is 5.75 Å². The van der Waals surface area contributed by atoms with E-state index in [1.807, 2.05) is 0 Å². The predicted octanol–water partition coefficient (Wildman–Crippen LogP) is 3.06. The molecule has 0 aliphatic rings. The molecule has 33 heavy (non-hydrogen) atoms. The molecule has 0 saturated heterocycles. The molecule has 1 aromatic carbocycles. The van der Waals surface area contributed by atoms with Crippen molar-refractivity contribution < 1.29 is 23.6 Å². The number of carbonyl (C=O) groups is 2. The Morgan fingerprint density at radius 1 is 1.09 bits per heavy atom. The lowest BCUT2D eigenvalue weighted by molar-refractivity contribution is -0.116. The Kier molecular flexibility index (Phi) is 6.31. The van der Waals surface area contributed by atoms with Gasteiger partial charge in [-0.25, -0.2) is 4.79 Å². The molecule has 4 aromatic rings. The molecule has 0 atom stereocenters. The number of anilines is 1. The number of methoxy groups -OCH3 is 2. The van der Waals surface area contributed by atoms with Gasteiger partial charge < -0.3 is 23.9 Å². The van der Waals surface area contributed by atoms with E-state index in [1.54, 1.807) is 42.8 Å². The summed E-state index contributed by atoms with van der Waals surface area (Å²) >= 11 is 1.14. The second-order valence-corrected chi connectivity index (χ2v) is 7.65. The van der Waals surface area contributed by atoms with Crippen LogP contribution >= 0.6 is 11.3 Å². The van der Waals surface area contributed by atoms with E-state index < -0.39 is 11.9 Å². The van der Waals surface area contributed by atoms with Crippen LogP contribution in [0.1, 0.15) is 9.67 Å². The summed E-state index contributed by atoms with van der Waals surface area (Å²) in [6.07, 6.45) is 1.46. The molecule has 0 unspecified atom stereocenters. The van der Waals surface area contributed by atoms with Gasteiger partial charge in [-0.05, 0) is 41.8 Å². The second-order valence-electron chi connectivity index (χ2n) is 6.74. The number of hydrogen-bond acceptors (Lipinski definition) is 9. The molecule has 3 heterocycles. The number of nitrogens with one attached hydrogen (secondary N) is 1. The highest BCUT2D eigenvalue weighted by Gasteiger charge is 2.17. The number of pyridine rings is 1. The molecule has 1 N–H and O–H groups in total. The zero-order valence-electron chi connectivity index (χ0n) is 17.6. The summed E-state index contributed by atoms with van der Waals surface area (Å²) in [4.78, 5) is 41.2. The number of thiophene rings is 1. The summed E-state index contributed by atoms with van der Waals surface area (Å²) in [5.74, 6) is 0.233. The molecule has 0 aliphatic heterocycles. The van der Waals surface area contributed by atoms with E-state index in [0.29, 0.717) is 22.8 Å². The summed E-state index contributed by atoms with van der Waals surface area (Å²) < 4.78 is 16.4. The maximum atomic E-state index is 12.5. The third-order valence-electron chi connectivity index (χ3n) is 4.63. The van der Waals surface area contributed by atoms with Gasteiger partial charge in [-0.3, -0.25) is 9.59 Å². The highest BCUT2D eigenvalue weighted by Crippen LogP contribution is 2.24. The lowest BCUT2D eigenvalue weighted by Crippen LogP contribution is -2.27. The van der Waals surface area contributed by atoms with E-state index in [9.17, 15) is 14.4 Å². The largest absolute Gasteiger partial charge is 0.497 e. The van der Waals surface area contributed by atoms with Gasteiger partial charge >= 0.3 is 5.97 Å². The minimum absolute atomic E-state index is 0.195. The first kappa shape index (κ1) is 22.0. The quantitative estimate of drug-likeness (QED) is 0.412. The molecule has 1 amide bonds. The Bertz CT molecular complexity index is 1360. The minimum atomic E-state index is -0.552. The van der Waals surface area contributed by atoms with Gasteiger partial charge in [0.15, 0.2) is 0 Å². The van der Waals surface area contributed by atoms with Crippen LogP contribution in [0.15, 0.2) is 63.4 Å². The van der Waals surface area contributed by atoms with Crippen LogP contribution in [0.25, 0.3) is 22.8 Å². The fourth-order valence-corrected chi connectivity index (χ4v) is 3.75. The average molecular weight is 466 g/mol. The molecule has 0 aliphatic carbocycles. The van der Waals surface area contributed by atoms with Crippen LogP contribution in [-0.4, -0.2) is 40.8 Å². The van der Waals surface area contributed by atoms with Crippen molar-refractivity contribution >= 4 is 28.9 Å². The van der Waals surface area contributed by atoms with Crippen molar-refractivity contribution in [1.29, 1.82) is 0 Å². The van der Waals surface area contributed by atoms with Gasteiger partial charge in [0.2, 0.25) is 11.7 Å². The molecule has 0 bridgehead atoms. The second kappa shape index (κ2) is 9.49. The Balaban J connectivity index is 1.52. The summed E-state index contributed by atoms with van der Waals surface area (Å²) in [6, 6.07) is 11.6. The molecule has 3 aromatic heterocycles. The summed E-state index contributed by atoms with van der Waals surface area (Å²) in [7, 11) is 2.84. The van der Waals surface area contributed by atoms with E-state index in [2.05, 4.69) is 15.5 Å². The highest BCUT2D eigenvalue weighted by molar-refractivity contribution is 7.12.